The zero-order chi connectivity index (χ0) is 19.4. The Hall–Kier alpha value is -0.860. The minimum atomic E-state index is -2.00. The van der Waals surface area contributed by atoms with E-state index in [4.69, 9.17) is 0 Å². The van der Waals surface area contributed by atoms with E-state index in [0.717, 1.165) is 32.1 Å². The predicted molar refractivity (Wildman–Crippen MR) is 92.9 cm³/mol. The first-order chi connectivity index (χ1) is 11.8. The van der Waals surface area contributed by atoms with Crippen molar-refractivity contribution in [2.75, 3.05) is 0 Å². The van der Waals surface area contributed by atoms with Gasteiger partial charge in [0.1, 0.15) is 30.5 Å². The van der Waals surface area contributed by atoms with Crippen molar-refractivity contribution in [3.8, 4) is 0 Å². The summed E-state index contributed by atoms with van der Waals surface area (Å²) in [5, 5.41) is 49.1. The quantitative estimate of drug-likeness (QED) is 0.267. The number of aliphatic hydroxyl groups is 5. The number of Topliss-reactive ketones (excluding diaryl/α,β-unsaturated/α-hetero) is 2. The molecule has 7 nitrogen and oxygen atoms in total. The average Bonchev–Trinajstić information content (AvgIpc) is 2.62. The van der Waals surface area contributed by atoms with Gasteiger partial charge in [0.2, 0.25) is 0 Å². The van der Waals surface area contributed by atoms with Crippen LogP contribution in [0.1, 0.15) is 71.6 Å². The third-order valence-corrected chi connectivity index (χ3v) is 4.31. The first-order valence-electron chi connectivity index (χ1n) is 9.23. The average molecular weight is 362 g/mol. The fraction of sp³-hybridized carbons (Fsp3) is 0.889. The summed E-state index contributed by atoms with van der Waals surface area (Å²) in [4.78, 5) is 23.5. The highest BCUT2D eigenvalue weighted by Crippen LogP contribution is 2.14. The summed E-state index contributed by atoms with van der Waals surface area (Å²) in [6.45, 7) is 3.93. The van der Waals surface area contributed by atoms with Gasteiger partial charge in [0.15, 0.2) is 11.6 Å². The third kappa shape index (κ3) is 8.87. The lowest BCUT2D eigenvalue weighted by Gasteiger charge is -2.28. The van der Waals surface area contributed by atoms with Crippen LogP contribution < -0.4 is 0 Å². The van der Waals surface area contributed by atoms with Gasteiger partial charge in [-0.25, -0.2) is 0 Å². The van der Waals surface area contributed by atoms with E-state index in [2.05, 4.69) is 6.92 Å². The Labute approximate surface area is 149 Å². The second kappa shape index (κ2) is 13.4. The molecular formula is C18H34O7. The van der Waals surface area contributed by atoms with E-state index in [1.165, 1.54) is 0 Å². The normalized spacial score (nSPS) is 17.6. The van der Waals surface area contributed by atoms with Gasteiger partial charge in [0.25, 0.3) is 0 Å². The van der Waals surface area contributed by atoms with E-state index in [9.17, 15) is 35.1 Å². The van der Waals surface area contributed by atoms with Crippen LogP contribution in [0.4, 0.5) is 0 Å². The second-order valence-corrected chi connectivity index (χ2v) is 6.56. The van der Waals surface area contributed by atoms with Crippen molar-refractivity contribution >= 4 is 11.6 Å². The second-order valence-electron chi connectivity index (χ2n) is 6.56. The predicted octanol–water partition coefficient (Wildman–Crippen LogP) is 0.480. The standard InChI is InChI=1S/C18H34O7/c1-3-5-7-8-9-11-13(20)15(22)17(24)18(25)16(23)14(21)12(19)10-6-4-2/h14-18,21-25H,3-11H2,1-2H3/t14-,15?,16+,17+,18-/m0/s1. The number of rotatable bonds is 15. The van der Waals surface area contributed by atoms with E-state index < -0.39 is 42.1 Å². The van der Waals surface area contributed by atoms with Gasteiger partial charge in [-0.3, -0.25) is 9.59 Å². The molecule has 0 heterocycles. The van der Waals surface area contributed by atoms with Crippen LogP contribution in [0.15, 0.2) is 0 Å². The highest BCUT2D eigenvalue weighted by molar-refractivity contribution is 5.84. The molecule has 0 aliphatic rings. The zero-order valence-electron chi connectivity index (χ0n) is 15.3. The fourth-order valence-electron chi connectivity index (χ4n) is 2.51. The maximum Gasteiger partial charge on any atom is 0.164 e. The summed E-state index contributed by atoms with van der Waals surface area (Å²) in [6.07, 6.45) is -3.80. The monoisotopic (exact) mass is 362 g/mol. The fourth-order valence-corrected chi connectivity index (χ4v) is 2.51. The number of carbonyl (C=O) groups excluding carboxylic acids is 2. The molecule has 1 unspecified atom stereocenters. The van der Waals surface area contributed by atoms with Crippen molar-refractivity contribution in [1.82, 2.24) is 0 Å². The highest BCUT2D eigenvalue weighted by atomic mass is 16.4. The molecule has 0 saturated carbocycles. The third-order valence-electron chi connectivity index (χ3n) is 4.31. The molecule has 0 radical (unpaired) electrons. The van der Waals surface area contributed by atoms with E-state index >= 15 is 0 Å². The van der Waals surface area contributed by atoms with Crippen LogP contribution in [0.2, 0.25) is 0 Å². The maximum absolute atomic E-state index is 11.9. The van der Waals surface area contributed by atoms with Crippen LogP contribution in [-0.2, 0) is 9.59 Å². The molecule has 0 aliphatic heterocycles. The smallest absolute Gasteiger partial charge is 0.164 e. The van der Waals surface area contributed by atoms with Crippen molar-refractivity contribution < 1.29 is 35.1 Å². The van der Waals surface area contributed by atoms with Gasteiger partial charge < -0.3 is 25.5 Å². The molecule has 0 fully saturated rings. The van der Waals surface area contributed by atoms with E-state index in [1.807, 2.05) is 6.92 Å². The Morgan fingerprint density at radius 3 is 1.44 bits per heavy atom. The molecule has 5 atom stereocenters. The molecule has 0 aliphatic carbocycles. The summed E-state index contributed by atoms with van der Waals surface area (Å²) < 4.78 is 0. The van der Waals surface area contributed by atoms with Crippen LogP contribution >= 0.6 is 0 Å². The topological polar surface area (TPSA) is 135 Å². The summed E-state index contributed by atoms with van der Waals surface area (Å²) in [5.74, 6) is -1.29. The largest absolute Gasteiger partial charge is 0.387 e. The van der Waals surface area contributed by atoms with Crippen molar-refractivity contribution in [2.45, 2.75) is 102 Å². The van der Waals surface area contributed by atoms with Crippen LogP contribution in [0.25, 0.3) is 0 Å². The summed E-state index contributed by atoms with van der Waals surface area (Å²) >= 11 is 0. The number of carbonyl (C=O) groups is 2. The summed E-state index contributed by atoms with van der Waals surface area (Å²) in [7, 11) is 0. The van der Waals surface area contributed by atoms with Crippen molar-refractivity contribution in [3.63, 3.8) is 0 Å². The number of hydrogen-bond acceptors (Lipinski definition) is 7. The Morgan fingerprint density at radius 1 is 0.600 bits per heavy atom. The molecular weight excluding hydrogens is 328 g/mol. The molecule has 0 aromatic rings. The van der Waals surface area contributed by atoms with Gasteiger partial charge in [0.05, 0.1) is 0 Å². The molecule has 148 valence electrons. The van der Waals surface area contributed by atoms with Gasteiger partial charge in [-0.15, -0.1) is 0 Å². The molecule has 0 bridgehead atoms. The van der Waals surface area contributed by atoms with Gasteiger partial charge in [-0.2, -0.15) is 0 Å². The minimum absolute atomic E-state index is 0.0385. The number of ketones is 2. The van der Waals surface area contributed by atoms with E-state index in [-0.39, 0.29) is 12.8 Å². The SMILES string of the molecule is CCCCCCCC(=O)C(O)[C@@H](O)[C@@H](O)[C@H](O)[C@@H](O)C(=O)CCCC. The maximum atomic E-state index is 11.9. The molecule has 0 rings (SSSR count). The molecule has 7 heteroatoms. The Morgan fingerprint density at radius 2 is 1.00 bits per heavy atom. The van der Waals surface area contributed by atoms with Crippen LogP contribution in [0.5, 0.6) is 0 Å². The lowest BCUT2D eigenvalue weighted by atomic mass is 9.93. The Kier molecular flexibility index (Phi) is 12.9. The van der Waals surface area contributed by atoms with Crippen LogP contribution in [-0.4, -0.2) is 67.6 Å². The minimum Gasteiger partial charge on any atom is -0.387 e. The van der Waals surface area contributed by atoms with Gasteiger partial charge in [0, 0.05) is 12.8 Å². The van der Waals surface area contributed by atoms with Crippen molar-refractivity contribution in [3.05, 3.63) is 0 Å². The molecule has 0 spiro atoms. The van der Waals surface area contributed by atoms with E-state index in [0.29, 0.717) is 12.8 Å². The van der Waals surface area contributed by atoms with Crippen molar-refractivity contribution in [1.29, 1.82) is 0 Å². The lowest BCUT2D eigenvalue weighted by Crippen LogP contribution is -2.52. The van der Waals surface area contributed by atoms with Gasteiger partial charge in [-0.1, -0.05) is 46.0 Å². The number of aliphatic hydroxyl groups excluding tert-OH is 5. The van der Waals surface area contributed by atoms with Crippen LogP contribution in [0, 0.1) is 0 Å². The Bertz CT molecular complexity index is 386. The highest BCUT2D eigenvalue weighted by Gasteiger charge is 2.38. The molecule has 0 saturated heterocycles. The summed E-state index contributed by atoms with van der Waals surface area (Å²) in [6, 6.07) is 0. The summed E-state index contributed by atoms with van der Waals surface area (Å²) in [5.41, 5.74) is 0. The molecule has 0 amide bonds. The molecule has 25 heavy (non-hydrogen) atoms. The number of hydrogen-bond donors (Lipinski definition) is 5. The first-order valence-corrected chi connectivity index (χ1v) is 9.23. The Balaban J connectivity index is 4.45. The zero-order valence-corrected chi connectivity index (χ0v) is 15.3. The van der Waals surface area contributed by atoms with Gasteiger partial charge >= 0.3 is 0 Å². The molecule has 0 aromatic carbocycles. The number of unbranched alkanes of at least 4 members (excludes halogenated alkanes) is 5. The van der Waals surface area contributed by atoms with Crippen molar-refractivity contribution in [2.24, 2.45) is 0 Å². The van der Waals surface area contributed by atoms with Gasteiger partial charge in [-0.05, 0) is 12.8 Å². The molecule has 0 aromatic heterocycles. The lowest BCUT2D eigenvalue weighted by molar-refractivity contribution is -0.159. The molecule has 5 N–H and O–H groups in total. The first kappa shape index (κ1) is 24.1. The van der Waals surface area contributed by atoms with Crippen LogP contribution in [0.3, 0.4) is 0 Å². The van der Waals surface area contributed by atoms with E-state index in [1.54, 1.807) is 0 Å².